The lowest BCUT2D eigenvalue weighted by Crippen LogP contribution is -2.18. The van der Waals surface area contributed by atoms with E-state index in [4.69, 9.17) is 22.1 Å². The molecule has 1 aromatic heterocycles. The lowest BCUT2D eigenvalue weighted by molar-refractivity contribution is 0.0962. The highest BCUT2D eigenvalue weighted by Crippen LogP contribution is 2.32. The first kappa shape index (κ1) is 16.1. The van der Waals surface area contributed by atoms with E-state index in [1.807, 2.05) is 13.0 Å². The van der Waals surface area contributed by atoms with Crippen molar-refractivity contribution in [3.63, 3.8) is 0 Å². The number of nitrogens with zero attached hydrogens (tertiary/aromatic N) is 1. The highest BCUT2D eigenvalue weighted by atomic mass is 35.5. The fraction of sp³-hybridized carbons (Fsp3) is 0.111. The Labute approximate surface area is 144 Å². The SMILES string of the molecule is CNC(=O)c1cc2c(Oc3ccc(Cl)c(N)c3)ccnc2cc1C. The molecular weight excluding hydrogens is 326 g/mol. The molecule has 0 atom stereocenters. The Kier molecular flexibility index (Phi) is 4.27. The van der Waals surface area contributed by atoms with Crippen LogP contribution < -0.4 is 15.8 Å². The monoisotopic (exact) mass is 341 g/mol. The van der Waals surface area contributed by atoms with Crippen molar-refractivity contribution in [1.29, 1.82) is 0 Å². The van der Waals surface area contributed by atoms with Gasteiger partial charge in [0.2, 0.25) is 0 Å². The van der Waals surface area contributed by atoms with Gasteiger partial charge < -0.3 is 15.8 Å². The van der Waals surface area contributed by atoms with E-state index in [9.17, 15) is 4.79 Å². The van der Waals surface area contributed by atoms with Crippen molar-refractivity contribution < 1.29 is 9.53 Å². The number of carbonyl (C=O) groups is 1. The number of nitrogen functional groups attached to an aromatic ring is 1. The van der Waals surface area contributed by atoms with Gasteiger partial charge in [-0.1, -0.05) is 11.6 Å². The zero-order valence-corrected chi connectivity index (χ0v) is 14.0. The average Bonchev–Trinajstić information content (AvgIpc) is 2.57. The molecule has 3 rings (SSSR count). The summed E-state index contributed by atoms with van der Waals surface area (Å²) in [5.74, 6) is 0.998. The number of ether oxygens (including phenoxy) is 1. The second-order valence-corrected chi connectivity index (χ2v) is 5.77. The lowest BCUT2D eigenvalue weighted by Gasteiger charge is -2.12. The van der Waals surface area contributed by atoms with Gasteiger partial charge in [0.1, 0.15) is 11.5 Å². The molecule has 0 radical (unpaired) electrons. The van der Waals surface area contributed by atoms with E-state index in [1.165, 1.54) is 0 Å². The van der Waals surface area contributed by atoms with E-state index in [1.54, 1.807) is 43.6 Å². The van der Waals surface area contributed by atoms with Crippen LogP contribution in [-0.4, -0.2) is 17.9 Å². The van der Waals surface area contributed by atoms with Crippen LogP contribution in [-0.2, 0) is 0 Å². The number of nitrogens with one attached hydrogen (secondary N) is 1. The van der Waals surface area contributed by atoms with Gasteiger partial charge in [0, 0.05) is 30.3 Å². The van der Waals surface area contributed by atoms with Crippen molar-refractivity contribution in [3.8, 4) is 11.5 Å². The molecule has 0 bridgehead atoms. The van der Waals surface area contributed by atoms with Crippen LogP contribution in [0.3, 0.4) is 0 Å². The van der Waals surface area contributed by atoms with Gasteiger partial charge in [-0.3, -0.25) is 9.78 Å². The van der Waals surface area contributed by atoms with E-state index >= 15 is 0 Å². The molecule has 0 aliphatic carbocycles. The van der Waals surface area contributed by atoms with E-state index < -0.39 is 0 Å². The largest absolute Gasteiger partial charge is 0.457 e. The topological polar surface area (TPSA) is 77.2 Å². The van der Waals surface area contributed by atoms with E-state index in [0.29, 0.717) is 27.8 Å². The maximum absolute atomic E-state index is 12.0. The summed E-state index contributed by atoms with van der Waals surface area (Å²) in [6, 6.07) is 10.5. The van der Waals surface area contributed by atoms with Crippen LogP contribution in [0.15, 0.2) is 42.6 Å². The molecule has 24 heavy (non-hydrogen) atoms. The molecule has 0 fully saturated rings. The summed E-state index contributed by atoms with van der Waals surface area (Å²) in [5.41, 5.74) is 8.43. The molecule has 0 aliphatic heterocycles. The van der Waals surface area contributed by atoms with Crippen molar-refractivity contribution in [2.75, 3.05) is 12.8 Å². The highest BCUT2D eigenvalue weighted by Gasteiger charge is 2.13. The van der Waals surface area contributed by atoms with Crippen molar-refractivity contribution in [2.24, 2.45) is 0 Å². The summed E-state index contributed by atoms with van der Waals surface area (Å²) in [6.45, 7) is 1.87. The van der Waals surface area contributed by atoms with Gasteiger partial charge in [-0.2, -0.15) is 0 Å². The third-order valence-electron chi connectivity index (χ3n) is 3.71. The third-order valence-corrected chi connectivity index (χ3v) is 4.06. The summed E-state index contributed by atoms with van der Waals surface area (Å²) in [5, 5.41) is 3.86. The Bertz CT molecular complexity index is 941. The van der Waals surface area contributed by atoms with Crippen LogP contribution >= 0.6 is 11.6 Å². The number of fused-ring (bicyclic) bond motifs is 1. The molecule has 122 valence electrons. The van der Waals surface area contributed by atoms with Gasteiger partial charge in [0.25, 0.3) is 5.91 Å². The number of amides is 1. The van der Waals surface area contributed by atoms with Crippen LogP contribution in [0.5, 0.6) is 11.5 Å². The smallest absolute Gasteiger partial charge is 0.251 e. The molecule has 0 saturated heterocycles. The number of halogens is 1. The molecule has 0 spiro atoms. The fourth-order valence-electron chi connectivity index (χ4n) is 2.45. The predicted molar refractivity (Wildman–Crippen MR) is 95.8 cm³/mol. The van der Waals surface area contributed by atoms with Crippen LogP contribution in [0.1, 0.15) is 15.9 Å². The maximum Gasteiger partial charge on any atom is 0.251 e. The first-order chi connectivity index (χ1) is 11.5. The number of rotatable bonds is 3. The molecule has 0 unspecified atom stereocenters. The van der Waals surface area contributed by atoms with E-state index in [-0.39, 0.29) is 5.91 Å². The van der Waals surface area contributed by atoms with Crippen LogP contribution in [0.25, 0.3) is 10.9 Å². The van der Waals surface area contributed by atoms with Crippen molar-refractivity contribution >= 4 is 34.1 Å². The molecule has 3 aromatic rings. The second kappa shape index (κ2) is 6.37. The fourth-order valence-corrected chi connectivity index (χ4v) is 2.57. The molecule has 6 heteroatoms. The Morgan fingerprint density at radius 3 is 2.75 bits per heavy atom. The van der Waals surface area contributed by atoms with Crippen molar-refractivity contribution in [2.45, 2.75) is 6.92 Å². The first-order valence-corrected chi connectivity index (χ1v) is 7.71. The van der Waals surface area contributed by atoms with E-state index in [2.05, 4.69) is 10.3 Å². The van der Waals surface area contributed by atoms with Crippen molar-refractivity contribution in [1.82, 2.24) is 10.3 Å². The number of benzene rings is 2. The van der Waals surface area contributed by atoms with Gasteiger partial charge in [-0.15, -0.1) is 0 Å². The summed E-state index contributed by atoms with van der Waals surface area (Å²) in [6.07, 6.45) is 1.66. The maximum atomic E-state index is 12.0. The number of anilines is 1. The quantitative estimate of drug-likeness (QED) is 0.707. The number of pyridine rings is 1. The summed E-state index contributed by atoms with van der Waals surface area (Å²) < 4.78 is 5.93. The molecule has 1 heterocycles. The van der Waals surface area contributed by atoms with Gasteiger partial charge >= 0.3 is 0 Å². The standard InChI is InChI=1S/C18H16ClN3O2/c1-10-7-16-13(9-12(10)18(23)21-2)17(5-6-22-16)24-11-3-4-14(19)15(20)8-11/h3-9H,20H2,1-2H3,(H,21,23). The molecular formula is C18H16ClN3O2. The van der Waals surface area contributed by atoms with Gasteiger partial charge in [0.15, 0.2) is 0 Å². The third kappa shape index (κ3) is 2.98. The number of carbonyl (C=O) groups excluding carboxylic acids is 1. The Balaban J connectivity index is 2.10. The first-order valence-electron chi connectivity index (χ1n) is 7.34. The van der Waals surface area contributed by atoms with Gasteiger partial charge in [-0.25, -0.2) is 0 Å². The van der Waals surface area contributed by atoms with Crippen LogP contribution in [0.2, 0.25) is 5.02 Å². The summed E-state index contributed by atoms with van der Waals surface area (Å²) in [4.78, 5) is 16.4. The zero-order chi connectivity index (χ0) is 17.3. The minimum atomic E-state index is -0.153. The predicted octanol–water partition coefficient (Wildman–Crippen LogP) is 3.93. The van der Waals surface area contributed by atoms with Gasteiger partial charge in [0.05, 0.1) is 16.2 Å². The minimum Gasteiger partial charge on any atom is -0.457 e. The molecule has 3 N–H and O–H groups in total. The molecule has 0 saturated carbocycles. The number of hydrogen-bond donors (Lipinski definition) is 2. The summed E-state index contributed by atoms with van der Waals surface area (Å²) >= 11 is 5.93. The molecule has 1 amide bonds. The number of aromatic nitrogens is 1. The zero-order valence-electron chi connectivity index (χ0n) is 13.3. The normalized spacial score (nSPS) is 10.6. The minimum absolute atomic E-state index is 0.153. The Morgan fingerprint density at radius 1 is 1.25 bits per heavy atom. The Morgan fingerprint density at radius 2 is 2.04 bits per heavy atom. The van der Waals surface area contributed by atoms with Gasteiger partial charge in [-0.05, 0) is 42.8 Å². The molecule has 5 nitrogen and oxygen atoms in total. The average molecular weight is 342 g/mol. The highest BCUT2D eigenvalue weighted by molar-refractivity contribution is 6.33. The van der Waals surface area contributed by atoms with E-state index in [0.717, 1.165) is 16.5 Å². The lowest BCUT2D eigenvalue weighted by atomic mass is 10.0. The van der Waals surface area contributed by atoms with Crippen LogP contribution in [0.4, 0.5) is 5.69 Å². The number of hydrogen-bond acceptors (Lipinski definition) is 4. The number of nitrogens with two attached hydrogens (primary N) is 1. The second-order valence-electron chi connectivity index (χ2n) is 5.36. The molecule has 2 aromatic carbocycles. The summed E-state index contributed by atoms with van der Waals surface area (Å²) in [7, 11) is 1.60. The van der Waals surface area contributed by atoms with Crippen LogP contribution in [0, 0.1) is 6.92 Å². The molecule has 0 aliphatic rings. The van der Waals surface area contributed by atoms with Crippen molar-refractivity contribution in [3.05, 3.63) is 58.7 Å². The Hall–Kier alpha value is -2.79. The number of aryl methyl sites for hydroxylation is 1.